The van der Waals surface area contributed by atoms with Gasteiger partial charge in [-0.1, -0.05) is 13.8 Å². The van der Waals surface area contributed by atoms with Crippen LogP contribution in [-0.4, -0.2) is 21.5 Å². The fourth-order valence-electron chi connectivity index (χ4n) is 1.11. The van der Waals surface area contributed by atoms with Gasteiger partial charge in [0.1, 0.15) is 0 Å². The van der Waals surface area contributed by atoms with E-state index >= 15 is 0 Å². The molecule has 62 valence electrons. The summed E-state index contributed by atoms with van der Waals surface area (Å²) in [6.45, 7) is 4.98. The zero-order chi connectivity index (χ0) is 8.27. The fraction of sp³-hybridized carbons (Fsp3) is 0.625. The van der Waals surface area contributed by atoms with Gasteiger partial charge in [-0.3, -0.25) is 4.68 Å². The van der Waals surface area contributed by atoms with Crippen LogP contribution in [0.4, 0.5) is 0 Å². The number of aliphatic hydroxyl groups is 1. The summed E-state index contributed by atoms with van der Waals surface area (Å²) in [4.78, 5) is 0. The smallest absolute Gasteiger partial charge is 0.0644 e. The van der Waals surface area contributed by atoms with Crippen molar-refractivity contribution < 1.29 is 5.11 Å². The number of nitrogens with zero attached hydrogens (tertiary/aromatic N) is 2. The van der Waals surface area contributed by atoms with Gasteiger partial charge in [0.2, 0.25) is 0 Å². The Bertz CT molecular complexity index is 218. The first-order valence-electron chi connectivity index (χ1n) is 3.88. The van der Waals surface area contributed by atoms with Gasteiger partial charge in [-0.15, -0.1) is 0 Å². The van der Waals surface area contributed by atoms with Crippen LogP contribution in [-0.2, 0) is 6.54 Å². The monoisotopic (exact) mass is 154 g/mol. The molecule has 0 unspecified atom stereocenters. The largest absolute Gasteiger partial charge is 0.394 e. The lowest BCUT2D eigenvalue weighted by Gasteiger charge is -2.07. The summed E-state index contributed by atoms with van der Waals surface area (Å²) in [6.07, 6.45) is 1.77. The van der Waals surface area contributed by atoms with E-state index in [1.54, 1.807) is 6.20 Å². The maximum atomic E-state index is 8.68. The molecule has 0 saturated heterocycles. The Morgan fingerprint density at radius 2 is 2.36 bits per heavy atom. The van der Waals surface area contributed by atoms with E-state index in [1.807, 2.05) is 10.7 Å². The minimum absolute atomic E-state index is 0.154. The summed E-state index contributed by atoms with van der Waals surface area (Å²) in [5, 5.41) is 12.8. The zero-order valence-electron chi connectivity index (χ0n) is 6.99. The number of hydrogen-bond donors (Lipinski definition) is 1. The second-order valence-corrected chi connectivity index (χ2v) is 2.86. The third kappa shape index (κ3) is 1.80. The van der Waals surface area contributed by atoms with Crippen LogP contribution in [0.5, 0.6) is 0 Å². The van der Waals surface area contributed by atoms with Crippen LogP contribution in [0.2, 0.25) is 0 Å². The average Bonchev–Trinajstić information content (AvgIpc) is 2.36. The molecule has 0 aliphatic rings. The number of aliphatic hydroxyl groups excluding tert-OH is 1. The van der Waals surface area contributed by atoms with Crippen molar-refractivity contribution in [1.29, 1.82) is 0 Å². The standard InChI is InChI=1S/C8H14N2O/c1-7(2)8-3-4-9-10(8)5-6-11/h3-4,7,11H,5-6H2,1-2H3. The molecule has 3 heteroatoms. The van der Waals surface area contributed by atoms with Gasteiger partial charge in [-0.2, -0.15) is 5.10 Å². The third-order valence-corrected chi connectivity index (χ3v) is 1.65. The molecule has 0 spiro atoms. The molecular weight excluding hydrogens is 140 g/mol. The molecule has 11 heavy (non-hydrogen) atoms. The van der Waals surface area contributed by atoms with Crippen molar-refractivity contribution in [2.45, 2.75) is 26.3 Å². The number of rotatable bonds is 3. The molecule has 1 N–H and O–H groups in total. The molecule has 0 bridgehead atoms. The SMILES string of the molecule is CC(C)c1ccnn1CCO. The molecule has 0 fully saturated rings. The third-order valence-electron chi connectivity index (χ3n) is 1.65. The highest BCUT2D eigenvalue weighted by atomic mass is 16.3. The molecule has 1 aromatic heterocycles. The van der Waals surface area contributed by atoms with Crippen molar-refractivity contribution in [3.63, 3.8) is 0 Å². The molecule has 0 amide bonds. The molecule has 1 rings (SSSR count). The Kier molecular flexibility index (Phi) is 2.65. The van der Waals surface area contributed by atoms with E-state index in [-0.39, 0.29) is 6.61 Å². The lowest BCUT2D eigenvalue weighted by atomic mass is 10.1. The molecule has 0 saturated carbocycles. The first kappa shape index (κ1) is 8.27. The minimum atomic E-state index is 0.154. The molecular formula is C8H14N2O. The lowest BCUT2D eigenvalue weighted by Crippen LogP contribution is -2.08. The van der Waals surface area contributed by atoms with E-state index in [9.17, 15) is 0 Å². The molecule has 1 aromatic rings. The molecule has 0 aromatic carbocycles. The highest BCUT2D eigenvalue weighted by molar-refractivity contribution is 5.05. The summed E-state index contributed by atoms with van der Waals surface area (Å²) >= 11 is 0. The van der Waals surface area contributed by atoms with E-state index in [0.29, 0.717) is 12.5 Å². The molecule has 3 nitrogen and oxygen atoms in total. The van der Waals surface area contributed by atoms with Gasteiger partial charge in [0.25, 0.3) is 0 Å². The molecule has 0 aliphatic heterocycles. The Morgan fingerprint density at radius 1 is 1.64 bits per heavy atom. The van der Waals surface area contributed by atoms with Crippen LogP contribution >= 0.6 is 0 Å². The van der Waals surface area contributed by atoms with E-state index in [4.69, 9.17) is 5.11 Å². The van der Waals surface area contributed by atoms with Crippen molar-refractivity contribution in [3.8, 4) is 0 Å². The summed E-state index contributed by atoms with van der Waals surface area (Å²) < 4.78 is 1.84. The topological polar surface area (TPSA) is 38.0 Å². The molecule has 0 atom stereocenters. The Balaban J connectivity index is 2.78. The molecule has 1 heterocycles. The highest BCUT2D eigenvalue weighted by Crippen LogP contribution is 2.12. The summed E-state index contributed by atoms with van der Waals surface area (Å²) in [7, 11) is 0. The Labute approximate surface area is 66.7 Å². The summed E-state index contributed by atoms with van der Waals surface area (Å²) in [5.74, 6) is 0.476. The summed E-state index contributed by atoms with van der Waals surface area (Å²) in [5.41, 5.74) is 1.18. The summed E-state index contributed by atoms with van der Waals surface area (Å²) in [6, 6.07) is 1.99. The number of aromatic nitrogens is 2. The van der Waals surface area contributed by atoms with Gasteiger partial charge in [0, 0.05) is 11.9 Å². The van der Waals surface area contributed by atoms with Gasteiger partial charge in [0.05, 0.1) is 13.2 Å². The minimum Gasteiger partial charge on any atom is -0.394 e. The second-order valence-electron chi connectivity index (χ2n) is 2.86. The van der Waals surface area contributed by atoms with Crippen molar-refractivity contribution in [1.82, 2.24) is 9.78 Å². The van der Waals surface area contributed by atoms with Crippen LogP contribution in [0.25, 0.3) is 0 Å². The van der Waals surface area contributed by atoms with Crippen molar-refractivity contribution in [2.24, 2.45) is 0 Å². The van der Waals surface area contributed by atoms with Gasteiger partial charge < -0.3 is 5.11 Å². The normalized spacial score (nSPS) is 10.9. The van der Waals surface area contributed by atoms with Crippen molar-refractivity contribution >= 4 is 0 Å². The predicted octanol–water partition coefficient (Wildman–Crippen LogP) is 0.999. The Morgan fingerprint density at radius 3 is 2.91 bits per heavy atom. The Hall–Kier alpha value is -0.830. The van der Waals surface area contributed by atoms with Crippen LogP contribution < -0.4 is 0 Å². The zero-order valence-corrected chi connectivity index (χ0v) is 6.99. The van der Waals surface area contributed by atoms with Crippen molar-refractivity contribution in [3.05, 3.63) is 18.0 Å². The van der Waals surface area contributed by atoms with Crippen LogP contribution in [0, 0.1) is 0 Å². The maximum Gasteiger partial charge on any atom is 0.0644 e. The van der Waals surface area contributed by atoms with Gasteiger partial charge in [-0.05, 0) is 12.0 Å². The quantitative estimate of drug-likeness (QED) is 0.705. The second kappa shape index (κ2) is 3.53. The maximum absolute atomic E-state index is 8.68. The predicted molar refractivity (Wildman–Crippen MR) is 43.4 cm³/mol. The molecule has 0 radical (unpaired) electrons. The van der Waals surface area contributed by atoms with E-state index in [0.717, 1.165) is 0 Å². The van der Waals surface area contributed by atoms with Gasteiger partial charge in [-0.25, -0.2) is 0 Å². The highest BCUT2D eigenvalue weighted by Gasteiger charge is 2.04. The molecule has 0 aliphatic carbocycles. The van der Waals surface area contributed by atoms with Gasteiger partial charge >= 0.3 is 0 Å². The first-order valence-corrected chi connectivity index (χ1v) is 3.88. The van der Waals surface area contributed by atoms with Gasteiger partial charge in [0.15, 0.2) is 0 Å². The van der Waals surface area contributed by atoms with Crippen molar-refractivity contribution in [2.75, 3.05) is 6.61 Å². The van der Waals surface area contributed by atoms with E-state index in [1.165, 1.54) is 5.69 Å². The lowest BCUT2D eigenvalue weighted by molar-refractivity contribution is 0.266. The van der Waals surface area contributed by atoms with E-state index in [2.05, 4.69) is 18.9 Å². The average molecular weight is 154 g/mol. The number of hydrogen-bond acceptors (Lipinski definition) is 2. The van der Waals surface area contributed by atoms with E-state index < -0.39 is 0 Å². The van der Waals surface area contributed by atoms with Crippen LogP contribution in [0.15, 0.2) is 12.3 Å². The fourth-order valence-corrected chi connectivity index (χ4v) is 1.11. The first-order chi connectivity index (χ1) is 5.25. The van der Waals surface area contributed by atoms with Crippen LogP contribution in [0.3, 0.4) is 0 Å². The van der Waals surface area contributed by atoms with Crippen LogP contribution in [0.1, 0.15) is 25.5 Å².